The molecule has 0 nitrogen and oxygen atoms in total. The van der Waals surface area contributed by atoms with Crippen LogP contribution in [0.4, 0.5) is 0 Å². The van der Waals surface area contributed by atoms with Crippen LogP contribution >= 0.6 is 71.2 Å². The Labute approximate surface area is 293 Å². The molecule has 0 saturated carbocycles. The molecule has 2 atom stereocenters. The molecular formula is C32H35Cl6SiZr. The summed E-state index contributed by atoms with van der Waals surface area (Å²) in [6.07, 6.45) is 10.9. The fourth-order valence-corrected chi connectivity index (χ4v) is 4.59. The fourth-order valence-electron chi connectivity index (χ4n) is 4.12. The molecule has 8 heteroatoms. The SMILES string of the molecule is C[SiH]C.Cc1cccc2c1=[C-]C(C)(C(Cl)Cl)C=2.Cc1cccc2c1=[C-]C(C)(C(Cl)Cl)C=2.Cl.Cl.[Zr+2].c1cc2ccc1-2. The molecule has 0 saturated heterocycles. The van der Waals surface area contributed by atoms with Gasteiger partial charge in [-0.15, -0.1) is 118 Å². The minimum atomic E-state index is -0.450. The quantitative estimate of drug-likeness (QED) is 0.113. The van der Waals surface area contributed by atoms with E-state index in [1.807, 2.05) is 26.0 Å². The van der Waals surface area contributed by atoms with Crippen LogP contribution in [-0.4, -0.2) is 19.2 Å². The number of hydrogen-bond donors (Lipinski definition) is 0. The normalized spacial score (nSPS) is 19.2. The van der Waals surface area contributed by atoms with Crippen LogP contribution in [0.5, 0.6) is 0 Å². The first-order valence-corrected chi connectivity index (χ1v) is 16.4. The number of benzene rings is 3. The first-order valence-electron chi connectivity index (χ1n) is 12.3. The molecule has 0 fully saturated rings. The zero-order chi connectivity index (χ0) is 27.4. The van der Waals surface area contributed by atoms with Gasteiger partial charge in [-0.2, -0.15) is 33.7 Å². The zero-order valence-corrected chi connectivity index (χ0v) is 31.8. The van der Waals surface area contributed by atoms with Crippen LogP contribution in [-0.2, 0) is 26.2 Å². The van der Waals surface area contributed by atoms with Gasteiger partial charge in [-0.1, -0.05) is 77.2 Å². The average molecular weight is 752 g/mol. The predicted molar refractivity (Wildman–Crippen MR) is 183 cm³/mol. The Morgan fingerprint density at radius 2 is 0.925 bits per heavy atom. The molecule has 0 amide bonds. The summed E-state index contributed by atoms with van der Waals surface area (Å²) in [5.41, 5.74) is 4.59. The van der Waals surface area contributed by atoms with Crippen molar-refractivity contribution in [3.63, 3.8) is 0 Å². The maximum atomic E-state index is 5.94. The van der Waals surface area contributed by atoms with E-state index < -0.39 is 9.67 Å². The fraction of sp³-hybridized carbons (Fsp3) is 0.312. The molecule has 6 rings (SSSR count). The summed E-state index contributed by atoms with van der Waals surface area (Å²) in [7, 11) is 0.750. The molecule has 0 heterocycles. The van der Waals surface area contributed by atoms with Gasteiger partial charge in [-0.3, -0.25) is 0 Å². The first kappa shape index (κ1) is 40.0. The zero-order valence-electron chi connectivity index (χ0n) is 23.5. The third kappa shape index (κ3) is 9.49. The van der Waals surface area contributed by atoms with Crippen LogP contribution in [0.1, 0.15) is 25.0 Å². The predicted octanol–water partition coefficient (Wildman–Crippen LogP) is 7.54. The van der Waals surface area contributed by atoms with Crippen molar-refractivity contribution in [3.8, 4) is 11.1 Å². The second kappa shape index (κ2) is 17.3. The van der Waals surface area contributed by atoms with Crippen LogP contribution in [0.2, 0.25) is 13.1 Å². The first-order chi connectivity index (χ1) is 17.4. The van der Waals surface area contributed by atoms with Crippen molar-refractivity contribution in [2.24, 2.45) is 10.8 Å². The second-order valence-electron chi connectivity index (χ2n) is 9.94. The maximum Gasteiger partial charge on any atom is 2.00 e. The Morgan fingerprint density at radius 1 is 0.625 bits per heavy atom. The molecule has 2 aromatic carbocycles. The Balaban J connectivity index is 0.000000551. The summed E-state index contributed by atoms with van der Waals surface area (Å²) < 4.78 is 0. The van der Waals surface area contributed by atoms with Gasteiger partial charge in [0.1, 0.15) is 9.67 Å². The molecule has 40 heavy (non-hydrogen) atoms. The molecule has 0 aliphatic heterocycles. The molecule has 0 aromatic heterocycles. The van der Waals surface area contributed by atoms with E-state index in [4.69, 9.17) is 46.4 Å². The van der Waals surface area contributed by atoms with Crippen LogP contribution in [0.25, 0.3) is 35.4 Å². The summed E-state index contributed by atoms with van der Waals surface area (Å²) in [5.74, 6) is 0. The molecule has 2 aromatic rings. The van der Waals surface area contributed by atoms with Gasteiger partial charge in [0.05, 0.1) is 0 Å². The van der Waals surface area contributed by atoms with Gasteiger partial charge >= 0.3 is 26.2 Å². The molecule has 4 aliphatic carbocycles. The van der Waals surface area contributed by atoms with Gasteiger partial charge in [0.15, 0.2) is 0 Å². The minimum absolute atomic E-state index is 0. The summed E-state index contributed by atoms with van der Waals surface area (Å²) in [5, 5.41) is 4.64. The van der Waals surface area contributed by atoms with E-state index >= 15 is 0 Å². The molecule has 2 unspecified atom stereocenters. The molecular weight excluding hydrogens is 716 g/mol. The van der Waals surface area contributed by atoms with E-state index in [0.29, 0.717) is 0 Å². The monoisotopic (exact) mass is 747 g/mol. The Kier molecular flexibility index (Phi) is 17.3. The van der Waals surface area contributed by atoms with Crippen molar-refractivity contribution in [3.05, 3.63) is 92.7 Å². The van der Waals surface area contributed by atoms with Crippen LogP contribution in [0, 0.1) is 24.7 Å². The van der Waals surface area contributed by atoms with E-state index in [2.05, 4.69) is 99.8 Å². The van der Waals surface area contributed by atoms with E-state index in [-0.39, 0.29) is 61.8 Å². The van der Waals surface area contributed by atoms with Crippen molar-refractivity contribution < 1.29 is 26.2 Å². The van der Waals surface area contributed by atoms with Gasteiger partial charge in [-0.05, 0) is 22.0 Å². The van der Waals surface area contributed by atoms with E-state index in [1.54, 1.807) is 0 Å². The van der Waals surface area contributed by atoms with Crippen molar-refractivity contribution in [1.29, 1.82) is 0 Å². The average Bonchev–Trinajstić information content (AvgIpc) is 3.37. The Hall–Kier alpha value is -0.0200. The Morgan fingerprint density at radius 3 is 1.12 bits per heavy atom. The van der Waals surface area contributed by atoms with Crippen molar-refractivity contribution in [1.82, 2.24) is 0 Å². The molecule has 0 N–H and O–H groups in total. The topological polar surface area (TPSA) is 0 Å². The number of halogens is 6. The number of hydrogen-bond acceptors (Lipinski definition) is 0. The Bertz CT molecular complexity index is 1370. The van der Waals surface area contributed by atoms with E-state index in [9.17, 15) is 0 Å². The van der Waals surface area contributed by atoms with Gasteiger partial charge < -0.3 is 0 Å². The summed E-state index contributed by atoms with van der Waals surface area (Å²) >= 11 is 23.8. The number of fused-ring (bicyclic) bond motifs is 3. The second-order valence-corrected chi connectivity index (χ2v) is 13.3. The summed E-state index contributed by atoms with van der Waals surface area (Å²) in [6.45, 7) is 12.6. The summed E-state index contributed by atoms with van der Waals surface area (Å²) in [4.78, 5) is -0.899. The van der Waals surface area contributed by atoms with Gasteiger partial charge in [0.2, 0.25) is 0 Å². The van der Waals surface area contributed by atoms with Crippen molar-refractivity contribution in [2.45, 2.75) is 50.5 Å². The summed E-state index contributed by atoms with van der Waals surface area (Å²) in [6, 6.07) is 20.8. The van der Waals surface area contributed by atoms with Gasteiger partial charge in [0.25, 0.3) is 0 Å². The maximum absolute atomic E-state index is 5.94. The van der Waals surface area contributed by atoms with Gasteiger partial charge in [0, 0.05) is 9.52 Å². The van der Waals surface area contributed by atoms with E-state index in [0.717, 1.165) is 20.0 Å². The van der Waals surface area contributed by atoms with Crippen LogP contribution in [0.15, 0.2) is 60.7 Å². The largest absolute Gasteiger partial charge is 2.00 e. The van der Waals surface area contributed by atoms with Crippen LogP contribution in [0.3, 0.4) is 0 Å². The number of rotatable bonds is 2. The molecule has 213 valence electrons. The smallest absolute Gasteiger partial charge is 0.188 e. The van der Waals surface area contributed by atoms with Crippen molar-refractivity contribution in [2.75, 3.05) is 0 Å². The van der Waals surface area contributed by atoms with E-state index in [1.165, 1.54) is 32.7 Å². The molecule has 1 radical (unpaired) electrons. The number of alkyl halides is 4. The van der Waals surface area contributed by atoms with Gasteiger partial charge in [-0.25, -0.2) is 0 Å². The third-order valence-electron chi connectivity index (χ3n) is 6.43. The van der Waals surface area contributed by atoms with Crippen LogP contribution < -0.4 is 20.9 Å². The molecule has 0 spiro atoms. The number of aryl methyl sites for hydroxylation is 2. The molecule has 0 bridgehead atoms. The van der Waals surface area contributed by atoms with Crippen molar-refractivity contribution >= 4 is 105 Å². The standard InChI is InChI=1S/2C12H11Cl2.C6H4.C2H7Si.2ClH.Zr/c2*1-8-4-3-5-9-6-12(2,11(13)14)7-10(8)9;1-2-6-4-3-5(1)6;1-3-2;;;/h2*3-6,11H,1-2H3;1-4H;3H,1-2H3;2*1H;/q2*-1;;;;;+2. The molecule has 4 aliphatic rings. The third-order valence-corrected chi connectivity index (χ3v) is 8.25. The minimum Gasteiger partial charge on any atom is -0.188 e.